The van der Waals surface area contributed by atoms with Crippen LogP contribution >= 0.6 is 0 Å². The largest absolute Gasteiger partial charge is 0.490 e. The topological polar surface area (TPSA) is 117 Å². The van der Waals surface area contributed by atoms with Crippen molar-refractivity contribution in [2.45, 2.75) is 45.4 Å². The number of alkyl halides is 2. The van der Waals surface area contributed by atoms with Crippen molar-refractivity contribution in [3.63, 3.8) is 0 Å². The Labute approximate surface area is 200 Å². The maximum Gasteiger partial charge on any atom is 0.387 e. The minimum atomic E-state index is -3.06. The monoisotopic (exact) mass is 489 g/mol. The van der Waals surface area contributed by atoms with Gasteiger partial charge in [-0.15, -0.1) is 0 Å². The molecule has 0 spiro atoms. The predicted octanol–water partition coefficient (Wildman–Crippen LogP) is 3.63. The van der Waals surface area contributed by atoms with Crippen LogP contribution in [0.15, 0.2) is 36.4 Å². The molecule has 0 radical (unpaired) electrons. The fraction of sp³-hybridized carbons (Fsp3) is 0.375. The number of fused-ring (bicyclic) bond motifs is 1. The summed E-state index contributed by atoms with van der Waals surface area (Å²) in [7, 11) is 0. The van der Waals surface area contributed by atoms with Crippen LogP contribution in [-0.4, -0.2) is 41.0 Å². The van der Waals surface area contributed by atoms with Gasteiger partial charge in [0.2, 0.25) is 11.8 Å². The van der Waals surface area contributed by atoms with Crippen LogP contribution in [-0.2, 0) is 16.1 Å². The highest BCUT2D eigenvalue weighted by Crippen LogP contribution is 2.40. The number of carbonyl (C=O) groups is 3. The first-order chi connectivity index (χ1) is 16.8. The first-order valence-corrected chi connectivity index (χ1v) is 11.2. The molecule has 2 aliphatic rings. The van der Waals surface area contributed by atoms with E-state index < -0.39 is 24.5 Å². The zero-order valence-corrected chi connectivity index (χ0v) is 18.9. The van der Waals surface area contributed by atoms with Crippen LogP contribution in [0.3, 0.4) is 0 Å². The van der Waals surface area contributed by atoms with Gasteiger partial charge in [0.15, 0.2) is 11.5 Å². The summed E-state index contributed by atoms with van der Waals surface area (Å²) in [6.07, 6.45) is 1.32. The second-order valence-corrected chi connectivity index (χ2v) is 8.31. The van der Waals surface area contributed by atoms with Gasteiger partial charge < -0.3 is 19.7 Å². The number of carbonyl (C=O) groups excluding carboxylic acids is 3. The van der Waals surface area contributed by atoms with E-state index in [2.05, 4.69) is 10.1 Å². The summed E-state index contributed by atoms with van der Waals surface area (Å²) >= 11 is 0. The van der Waals surface area contributed by atoms with Crippen molar-refractivity contribution in [1.82, 2.24) is 10.4 Å². The van der Waals surface area contributed by atoms with Crippen molar-refractivity contribution in [3.8, 4) is 11.5 Å². The molecule has 1 heterocycles. The normalized spacial score (nSPS) is 15.6. The van der Waals surface area contributed by atoms with Gasteiger partial charge in [0, 0.05) is 12.5 Å². The SMILES string of the molecule is CCOc1cc(C(CC(=O)NO)N2Cc3cccc(NC(=O)C4CC4)c3C2=O)ccc1OC(F)F. The molecule has 1 aliphatic heterocycles. The van der Waals surface area contributed by atoms with Gasteiger partial charge in [-0.2, -0.15) is 8.78 Å². The summed E-state index contributed by atoms with van der Waals surface area (Å²) in [4.78, 5) is 39.4. The molecule has 9 nitrogen and oxygen atoms in total. The Hall–Kier alpha value is -3.73. The van der Waals surface area contributed by atoms with Crippen LogP contribution in [0.25, 0.3) is 0 Å². The lowest BCUT2D eigenvalue weighted by Crippen LogP contribution is -2.33. The number of hydroxylamine groups is 1. The second-order valence-electron chi connectivity index (χ2n) is 8.31. The number of hydrogen-bond donors (Lipinski definition) is 3. The van der Waals surface area contributed by atoms with Gasteiger partial charge in [0.1, 0.15) is 0 Å². The fourth-order valence-corrected chi connectivity index (χ4v) is 4.14. The molecule has 0 bridgehead atoms. The zero-order valence-electron chi connectivity index (χ0n) is 18.9. The number of anilines is 1. The molecule has 1 atom stereocenters. The Balaban J connectivity index is 1.68. The van der Waals surface area contributed by atoms with Crippen LogP contribution in [0.1, 0.15) is 53.7 Å². The highest BCUT2D eigenvalue weighted by molar-refractivity contribution is 6.07. The predicted molar refractivity (Wildman–Crippen MR) is 119 cm³/mol. The van der Waals surface area contributed by atoms with E-state index in [1.54, 1.807) is 30.6 Å². The zero-order chi connectivity index (χ0) is 25.1. The summed E-state index contributed by atoms with van der Waals surface area (Å²) in [5, 5.41) is 11.9. The number of ether oxygens (including phenoxy) is 2. The number of benzene rings is 2. The van der Waals surface area contributed by atoms with Crippen LogP contribution in [0.5, 0.6) is 11.5 Å². The molecule has 35 heavy (non-hydrogen) atoms. The van der Waals surface area contributed by atoms with Crippen molar-refractivity contribution < 1.29 is 37.8 Å². The van der Waals surface area contributed by atoms with Gasteiger partial charge in [-0.1, -0.05) is 18.2 Å². The standard InChI is InChI=1S/C24H25F2N3O6/c1-2-34-19-10-14(8-9-18(19)35-24(25)26)17(11-20(30)28-33)29-12-15-4-3-5-16(21(15)23(29)32)27-22(31)13-6-7-13/h3-5,8-10,13,17,24,33H,2,6-7,11-12H2,1H3,(H,27,31)(H,28,30). The number of hydrogen-bond acceptors (Lipinski definition) is 6. The second kappa shape index (κ2) is 10.3. The molecule has 3 N–H and O–H groups in total. The Morgan fingerprint density at radius 1 is 1.20 bits per heavy atom. The number of nitrogens with one attached hydrogen (secondary N) is 2. The molecule has 1 aliphatic carbocycles. The molecule has 1 fully saturated rings. The minimum Gasteiger partial charge on any atom is -0.490 e. The third kappa shape index (κ3) is 5.35. The Bertz CT molecular complexity index is 1140. The first-order valence-electron chi connectivity index (χ1n) is 11.2. The van der Waals surface area contributed by atoms with E-state index in [4.69, 9.17) is 9.94 Å². The number of rotatable bonds is 10. The number of amides is 3. The molecular weight excluding hydrogens is 464 g/mol. The molecule has 2 aromatic rings. The molecule has 4 rings (SSSR count). The lowest BCUT2D eigenvalue weighted by atomic mass is 10.0. The van der Waals surface area contributed by atoms with Crippen LogP contribution < -0.4 is 20.3 Å². The van der Waals surface area contributed by atoms with Gasteiger partial charge in [-0.05, 0) is 49.1 Å². The third-order valence-electron chi connectivity index (χ3n) is 5.92. The molecular formula is C24H25F2N3O6. The molecule has 0 saturated heterocycles. The summed E-state index contributed by atoms with van der Waals surface area (Å²) in [5.74, 6) is -1.50. The average molecular weight is 489 g/mol. The van der Waals surface area contributed by atoms with E-state index >= 15 is 0 Å². The Morgan fingerprint density at radius 3 is 2.63 bits per heavy atom. The first kappa shape index (κ1) is 24.4. The quantitative estimate of drug-likeness (QED) is 0.347. The summed E-state index contributed by atoms with van der Waals surface area (Å²) in [5.41, 5.74) is 3.39. The molecule has 186 valence electrons. The number of nitrogens with zero attached hydrogens (tertiary/aromatic N) is 1. The average Bonchev–Trinajstić information content (AvgIpc) is 3.62. The highest BCUT2D eigenvalue weighted by atomic mass is 19.3. The Kier molecular flexibility index (Phi) is 7.15. The lowest BCUT2D eigenvalue weighted by Gasteiger charge is -2.28. The Morgan fingerprint density at radius 2 is 1.97 bits per heavy atom. The van der Waals surface area contributed by atoms with Crippen LogP contribution in [0, 0.1) is 5.92 Å². The van der Waals surface area contributed by atoms with E-state index in [1.807, 2.05) is 0 Å². The van der Waals surface area contributed by atoms with E-state index in [-0.39, 0.29) is 42.9 Å². The number of halogens is 2. The van der Waals surface area contributed by atoms with Crippen molar-refractivity contribution in [3.05, 3.63) is 53.1 Å². The maximum absolute atomic E-state index is 13.5. The lowest BCUT2D eigenvalue weighted by molar-refractivity contribution is -0.130. The van der Waals surface area contributed by atoms with Crippen LogP contribution in [0.2, 0.25) is 0 Å². The summed E-state index contributed by atoms with van der Waals surface area (Å²) < 4.78 is 35.6. The van der Waals surface area contributed by atoms with Gasteiger partial charge in [0.05, 0.1) is 30.3 Å². The van der Waals surface area contributed by atoms with E-state index in [0.29, 0.717) is 22.4 Å². The molecule has 1 saturated carbocycles. The van der Waals surface area contributed by atoms with Crippen LogP contribution in [0.4, 0.5) is 14.5 Å². The molecule has 2 aromatic carbocycles. The van der Waals surface area contributed by atoms with Crippen molar-refractivity contribution in [1.29, 1.82) is 0 Å². The summed E-state index contributed by atoms with van der Waals surface area (Å²) in [6.45, 7) is -1.07. The van der Waals surface area contributed by atoms with E-state index in [9.17, 15) is 23.2 Å². The summed E-state index contributed by atoms with van der Waals surface area (Å²) in [6, 6.07) is 8.45. The van der Waals surface area contributed by atoms with Crippen molar-refractivity contribution in [2.24, 2.45) is 5.92 Å². The van der Waals surface area contributed by atoms with Crippen molar-refractivity contribution in [2.75, 3.05) is 11.9 Å². The van der Waals surface area contributed by atoms with E-state index in [1.165, 1.54) is 23.1 Å². The smallest absolute Gasteiger partial charge is 0.387 e. The molecule has 11 heteroatoms. The maximum atomic E-state index is 13.5. The van der Waals surface area contributed by atoms with Gasteiger partial charge in [-0.25, -0.2) is 5.48 Å². The molecule has 3 amide bonds. The van der Waals surface area contributed by atoms with Gasteiger partial charge in [-0.3, -0.25) is 19.6 Å². The third-order valence-corrected chi connectivity index (χ3v) is 5.92. The minimum absolute atomic E-state index is 0.0289. The molecule has 0 aromatic heterocycles. The van der Waals surface area contributed by atoms with Crippen molar-refractivity contribution >= 4 is 23.4 Å². The highest BCUT2D eigenvalue weighted by Gasteiger charge is 2.38. The van der Waals surface area contributed by atoms with E-state index in [0.717, 1.165) is 12.8 Å². The fourth-order valence-electron chi connectivity index (χ4n) is 4.14. The van der Waals surface area contributed by atoms with Gasteiger partial charge >= 0.3 is 6.61 Å². The van der Waals surface area contributed by atoms with Gasteiger partial charge in [0.25, 0.3) is 5.91 Å². The molecule has 1 unspecified atom stereocenters.